The molecule has 71 heavy (non-hydrogen) atoms. The molecule has 7 aromatic rings. The molecule has 7 aromatic carbocycles. The molecule has 5 heteroatoms. The summed E-state index contributed by atoms with van der Waals surface area (Å²) in [5, 5.41) is 9.62. The monoisotopic (exact) mass is 943 g/mol. The Morgan fingerprint density at radius 3 is 1.45 bits per heavy atom. The van der Waals surface area contributed by atoms with Crippen molar-refractivity contribution in [2.24, 2.45) is 5.41 Å². The molecule has 15 rings (SSSR count). The molecule has 366 valence electrons. The number of rotatable bonds is 2. The van der Waals surface area contributed by atoms with Gasteiger partial charge in [0.05, 0.1) is 0 Å². The highest BCUT2D eigenvalue weighted by molar-refractivity contribution is 6.09. The SMILES string of the molecule is CCC1(CC)CCC2(CC1)c1cc(C)ccc1-c1c2c2c(c3cc(C)ccc13)Oc1ccc(cc1)Oc1ccc(cc1)NCCCCCCCCCCCCNc1ccc(cc1)Oc1ccc(cc1)/C=C\2. The Balaban J connectivity index is 1.02. The third-order valence-electron chi connectivity index (χ3n) is 16.4. The van der Waals surface area contributed by atoms with E-state index in [9.17, 15) is 0 Å². The van der Waals surface area contributed by atoms with Gasteiger partial charge in [0.25, 0.3) is 0 Å². The quantitative estimate of drug-likeness (QED) is 0.181. The zero-order chi connectivity index (χ0) is 48.6. The summed E-state index contributed by atoms with van der Waals surface area (Å²) in [6.07, 6.45) is 24.6. The molecular weight excluding hydrogens is 869 g/mol. The Kier molecular flexibility index (Phi) is 14.9. The molecule has 2 N–H and O–H groups in total. The molecule has 0 unspecified atom stereocenters. The van der Waals surface area contributed by atoms with Gasteiger partial charge in [0.15, 0.2) is 0 Å². The van der Waals surface area contributed by atoms with Gasteiger partial charge >= 0.3 is 0 Å². The van der Waals surface area contributed by atoms with E-state index in [0.29, 0.717) is 5.41 Å². The predicted molar refractivity (Wildman–Crippen MR) is 299 cm³/mol. The van der Waals surface area contributed by atoms with Crippen LogP contribution in [0.2, 0.25) is 0 Å². The van der Waals surface area contributed by atoms with Gasteiger partial charge in [-0.25, -0.2) is 0 Å². The number of hydrogen-bond acceptors (Lipinski definition) is 5. The predicted octanol–water partition coefficient (Wildman–Crippen LogP) is 19.4. The first-order valence-corrected chi connectivity index (χ1v) is 27.1. The van der Waals surface area contributed by atoms with E-state index in [1.54, 1.807) is 0 Å². The second kappa shape index (κ2) is 21.9. The van der Waals surface area contributed by atoms with Crippen molar-refractivity contribution in [2.75, 3.05) is 23.7 Å². The van der Waals surface area contributed by atoms with Gasteiger partial charge in [-0.15, -0.1) is 0 Å². The van der Waals surface area contributed by atoms with Crippen LogP contribution in [-0.4, -0.2) is 13.1 Å². The van der Waals surface area contributed by atoms with Crippen LogP contribution in [0, 0.1) is 19.3 Å². The topological polar surface area (TPSA) is 51.8 Å². The molecule has 0 radical (unpaired) electrons. The Morgan fingerprint density at radius 1 is 0.451 bits per heavy atom. The summed E-state index contributed by atoms with van der Waals surface area (Å²) >= 11 is 0. The van der Waals surface area contributed by atoms with Gasteiger partial charge in [0, 0.05) is 40.8 Å². The maximum Gasteiger partial charge on any atom is 0.142 e. The first-order valence-electron chi connectivity index (χ1n) is 27.1. The summed E-state index contributed by atoms with van der Waals surface area (Å²) in [6.45, 7) is 11.2. The van der Waals surface area contributed by atoms with E-state index in [1.807, 2.05) is 12.1 Å². The minimum Gasteiger partial charge on any atom is -0.457 e. The van der Waals surface area contributed by atoms with Crippen LogP contribution < -0.4 is 24.8 Å². The van der Waals surface area contributed by atoms with Gasteiger partial charge in [-0.3, -0.25) is 0 Å². The van der Waals surface area contributed by atoms with Crippen molar-refractivity contribution < 1.29 is 14.2 Å². The van der Waals surface area contributed by atoms with Gasteiger partial charge in [-0.2, -0.15) is 0 Å². The van der Waals surface area contributed by atoms with Crippen molar-refractivity contribution >= 4 is 34.3 Å². The van der Waals surface area contributed by atoms with E-state index in [-0.39, 0.29) is 5.41 Å². The van der Waals surface area contributed by atoms with Gasteiger partial charge in [-0.1, -0.05) is 144 Å². The fraction of sp³-hybridized carbons (Fsp3) is 0.364. The van der Waals surface area contributed by atoms with E-state index in [4.69, 9.17) is 14.2 Å². The molecule has 1 spiro atoms. The number of hydrogen-bond donors (Lipinski definition) is 2. The minimum atomic E-state index is -0.140. The number of anilines is 2. The molecule has 8 bridgehead atoms. The van der Waals surface area contributed by atoms with Crippen molar-refractivity contribution in [2.45, 2.75) is 136 Å². The maximum atomic E-state index is 7.31. The molecule has 5 nitrogen and oxygen atoms in total. The molecule has 1 saturated carbocycles. The standard InChI is InChI=1S/C66H74N2O3/c1-5-65(6-2)39-41-66(42-40-65)61-46-48(4)18-37-58(61)62-57-36-17-47(3)45-60(57)64-59(63(62)66)38-21-49-19-26-52(27-20-49)69-53-28-22-50(23-29-53)67-43-15-13-11-9-7-8-10-12-14-16-44-68-51-24-30-54(31-25-51)70-55-32-34-56(71-64)35-33-55/h17-38,45-46,67-68H,5-16,39-44H2,1-4H3/b38-21-. The van der Waals surface area contributed by atoms with Crippen molar-refractivity contribution in [3.63, 3.8) is 0 Å². The summed E-state index contributed by atoms with van der Waals surface area (Å²) in [4.78, 5) is 0. The summed E-state index contributed by atoms with van der Waals surface area (Å²) < 4.78 is 20.1. The molecule has 0 aromatic heterocycles. The smallest absolute Gasteiger partial charge is 0.142 e. The van der Waals surface area contributed by atoms with Crippen molar-refractivity contribution in [3.8, 4) is 45.6 Å². The van der Waals surface area contributed by atoms with E-state index >= 15 is 0 Å². The van der Waals surface area contributed by atoms with E-state index in [0.717, 1.165) is 88.3 Å². The largest absolute Gasteiger partial charge is 0.457 e. The molecule has 6 heterocycles. The Bertz CT molecular complexity index is 2920. The van der Waals surface area contributed by atoms with E-state index < -0.39 is 0 Å². The average Bonchev–Trinajstić information content (AvgIpc) is 3.66. The molecule has 8 aliphatic rings. The molecule has 0 atom stereocenters. The van der Waals surface area contributed by atoms with Crippen LogP contribution in [0.3, 0.4) is 0 Å². The third-order valence-corrected chi connectivity index (χ3v) is 16.4. The van der Waals surface area contributed by atoms with Gasteiger partial charge in [0.2, 0.25) is 0 Å². The second-order valence-electron chi connectivity index (χ2n) is 21.0. The van der Waals surface area contributed by atoms with Gasteiger partial charge in [0.1, 0.15) is 34.5 Å². The summed E-state index contributed by atoms with van der Waals surface area (Å²) in [6, 6.07) is 47.6. The highest BCUT2D eigenvalue weighted by atomic mass is 16.5. The van der Waals surface area contributed by atoms with Crippen molar-refractivity contribution in [3.05, 3.63) is 167 Å². The third kappa shape index (κ3) is 10.8. The number of fused-ring (bicyclic) bond motifs is 9. The molecule has 2 aliphatic carbocycles. The van der Waals surface area contributed by atoms with Crippen LogP contribution in [0.4, 0.5) is 11.4 Å². The maximum absolute atomic E-state index is 7.31. The molecule has 1 fully saturated rings. The lowest BCUT2D eigenvalue weighted by atomic mass is 9.58. The summed E-state index contributed by atoms with van der Waals surface area (Å²) in [7, 11) is 0. The summed E-state index contributed by atoms with van der Waals surface area (Å²) in [5.74, 6) is 4.91. The van der Waals surface area contributed by atoms with Crippen LogP contribution in [0.15, 0.2) is 133 Å². The number of nitrogens with one attached hydrogen (secondary N) is 2. The van der Waals surface area contributed by atoms with Crippen LogP contribution in [0.25, 0.3) is 34.1 Å². The van der Waals surface area contributed by atoms with E-state index in [2.05, 4.69) is 172 Å². The minimum absolute atomic E-state index is 0.140. The zero-order valence-electron chi connectivity index (χ0n) is 42.8. The lowest BCUT2D eigenvalue weighted by Gasteiger charge is -2.46. The fourth-order valence-corrected chi connectivity index (χ4v) is 11.9. The molecule has 6 aliphatic heterocycles. The van der Waals surface area contributed by atoms with Gasteiger partial charge < -0.3 is 24.8 Å². The lowest BCUT2D eigenvalue weighted by molar-refractivity contribution is 0.133. The van der Waals surface area contributed by atoms with Gasteiger partial charge in [-0.05, 0) is 182 Å². The first-order chi connectivity index (χ1) is 34.8. The molecule has 0 saturated heterocycles. The Hall–Kier alpha value is -6.46. The first kappa shape index (κ1) is 48.2. The number of benzene rings is 7. The Labute approximate surface area is 424 Å². The fourth-order valence-electron chi connectivity index (χ4n) is 11.9. The number of aryl methyl sites for hydroxylation is 2. The highest BCUT2D eigenvalue weighted by Gasteiger charge is 2.50. The van der Waals surface area contributed by atoms with Crippen LogP contribution >= 0.6 is 0 Å². The summed E-state index contributed by atoms with van der Waals surface area (Å²) in [5.41, 5.74) is 12.9. The highest BCUT2D eigenvalue weighted by Crippen LogP contribution is 2.63. The van der Waals surface area contributed by atoms with Crippen LogP contribution in [-0.2, 0) is 5.41 Å². The average molecular weight is 943 g/mol. The van der Waals surface area contributed by atoms with E-state index in [1.165, 1.54) is 129 Å². The zero-order valence-corrected chi connectivity index (χ0v) is 42.8. The molecule has 0 amide bonds. The van der Waals surface area contributed by atoms with Crippen molar-refractivity contribution in [1.82, 2.24) is 0 Å². The Morgan fingerprint density at radius 2 is 0.915 bits per heavy atom. The van der Waals surface area contributed by atoms with Crippen molar-refractivity contribution in [1.29, 1.82) is 0 Å². The van der Waals surface area contributed by atoms with Crippen LogP contribution in [0.1, 0.15) is 150 Å². The lowest BCUT2D eigenvalue weighted by Crippen LogP contribution is -2.37. The van der Waals surface area contributed by atoms with Crippen LogP contribution in [0.5, 0.6) is 34.5 Å². The molecular formula is C66H74N2O3. The second-order valence-corrected chi connectivity index (χ2v) is 21.0. The number of ether oxygens (including phenoxy) is 3. The normalized spacial score (nSPS) is 17.7.